The third-order valence-corrected chi connectivity index (χ3v) is 3.73. The van der Waals surface area contributed by atoms with Gasteiger partial charge in [-0.25, -0.2) is 4.79 Å². The minimum absolute atomic E-state index is 0.0322. The van der Waals surface area contributed by atoms with Gasteiger partial charge in [-0.2, -0.15) is 0 Å². The monoisotopic (exact) mass is 363 g/mol. The second kappa shape index (κ2) is 6.95. The van der Waals surface area contributed by atoms with E-state index in [1.165, 1.54) is 6.07 Å². The van der Waals surface area contributed by atoms with E-state index in [1.54, 1.807) is 30.3 Å². The van der Waals surface area contributed by atoms with Gasteiger partial charge in [-0.1, -0.05) is 41.4 Å². The van der Waals surface area contributed by atoms with Gasteiger partial charge in [0, 0.05) is 10.4 Å². The van der Waals surface area contributed by atoms with Crippen LogP contribution in [0.3, 0.4) is 0 Å². The van der Waals surface area contributed by atoms with Crippen molar-refractivity contribution in [2.45, 2.75) is 0 Å². The van der Waals surface area contributed by atoms with E-state index in [2.05, 4.69) is 5.32 Å². The van der Waals surface area contributed by atoms with E-state index < -0.39 is 18.5 Å². The highest BCUT2D eigenvalue weighted by molar-refractivity contribution is 6.35. The van der Waals surface area contributed by atoms with Crippen molar-refractivity contribution >= 4 is 51.7 Å². The summed E-state index contributed by atoms with van der Waals surface area (Å²) in [6, 6.07) is 13.4. The van der Waals surface area contributed by atoms with Gasteiger partial charge in [-0.05, 0) is 30.3 Å². The summed E-state index contributed by atoms with van der Waals surface area (Å²) in [5.74, 6) is -1.23. The molecule has 0 radical (unpaired) electrons. The normalized spacial score (nSPS) is 10.6. The van der Waals surface area contributed by atoms with E-state index in [0.29, 0.717) is 21.3 Å². The van der Waals surface area contributed by atoms with Gasteiger partial charge in [0.25, 0.3) is 5.91 Å². The molecule has 0 saturated carbocycles. The number of carbonyl (C=O) groups is 2. The van der Waals surface area contributed by atoms with Crippen molar-refractivity contribution in [3.05, 3.63) is 64.3 Å². The molecule has 5 nitrogen and oxygen atoms in total. The van der Waals surface area contributed by atoms with Crippen LogP contribution in [0.2, 0.25) is 10.0 Å². The van der Waals surface area contributed by atoms with Crippen molar-refractivity contribution < 1.29 is 18.7 Å². The maximum atomic E-state index is 11.9. The number of rotatable bonds is 4. The van der Waals surface area contributed by atoms with Crippen LogP contribution in [0, 0.1) is 0 Å². The molecule has 0 atom stereocenters. The topological polar surface area (TPSA) is 68.5 Å². The number of ether oxygens (including phenoxy) is 1. The summed E-state index contributed by atoms with van der Waals surface area (Å²) in [6.45, 7) is -0.473. The molecule has 3 aromatic rings. The molecule has 0 unspecified atom stereocenters. The Labute approximate surface area is 147 Å². The van der Waals surface area contributed by atoms with Gasteiger partial charge in [-0.15, -0.1) is 0 Å². The van der Waals surface area contributed by atoms with Gasteiger partial charge in [0.2, 0.25) is 5.76 Å². The number of nitrogens with one attached hydrogen (secondary N) is 1. The van der Waals surface area contributed by atoms with E-state index in [0.717, 1.165) is 5.39 Å². The number of hydrogen-bond donors (Lipinski definition) is 1. The quantitative estimate of drug-likeness (QED) is 0.691. The summed E-state index contributed by atoms with van der Waals surface area (Å²) in [4.78, 5) is 23.8. The molecule has 1 aromatic heterocycles. The zero-order chi connectivity index (χ0) is 17.1. The average molecular weight is 364 g/mol. The SMILES string of the molecule is O=C(COC(=O)c1cc2ccccc2o1)Nc1cc(Cl)ccc1Cl. The highest BCUT2D eigenvalue weighted by atomic mass is 35.5. The van der Waals surface area contributed by atoms with E-state index in [4.69, 9.17) is 32.4 Å². The van der Waals surface area contributed by atoms with Gasteiger partial charge in [0.05, 0.1) is 10.7 Å². The molecule has 0 aliphatic carbocycles. The van der Waals surface area contributed by atoms with Crippen LogP contribution in [0.1, 0.15) is 10.6 Å². The molecule has 3 rings (SSSR count). The fraction of sp³-hybridized carbons (Fsp3) is 0.0588. The molecule has 0 spiro atoms. The van der Waals surface area contributed by atoms with Gasteiger partial charge < -0.3 is 14.5 Å². The van der Waals surface area contributed by atoms with Gasteiger partial charge >= 0.3 is 5.97 Å². The minimum Gasteiger partial charge on any atom is -0.450 e. The number of benzene rings is 2. The fourth-order valence-corrected chi connectivity index (χ4v) is 2.40. The molecular formula is C17H11Cl2NO4. The van der Waals surface area contributed by atoms with E-state index in [-0.39, 0.29) is 5.76 Å². The van der Waals surface area contributed by atoms with Crippen molar-refractivity contribution in [3.8, 4) is 0 Å². The summed E-state index contributed by atoms with van der Waals surface area (Å²) in [5, 5.41) is 4.05. The van der Waals surface area contributed by atoms with Crippen molar-refractivity contribution in [3.63, 3.8) is 0 Å². The van der Waals surface area contributed by atoms with Gasteiger partial charge in [0.15, 0.2) is 6.61 Å². The lowest BCUT2D eigenvalue weighted by Crippen LogP contribution is -2.20. The molecule has 0 aliphatic rings. The van der Waals surface area contributed by atoms with Crippen LogP contribution in [-0.4, -0.2) is 18.5 Å². The average Bonchev–Trinajstić information content (AvgIpc) is 3.00. The van der Waals surface area contributed by atoms with Crippen LogP contribution >= 0.6 is 23.2 Å². The zero-order valence-electron chi connectivity index (χ0n) is 12.2. The summed E-state index contributed by atoms with van der Waals surface area (Å²) in [7, 11) is 0. The van der Waals surface area contributed by atoms with Crippen molar-refractivity contribution in [2.75, 3.05) is 11.9 Å². The first-order valence-corrected chi connectivity index (χ1v) is 7.69. The second-order valence-corrected chi connectivity index (χ2v) is 5.74. The third-order valence-electron chi connectivity index (χ3n) is 3.16. The van der Waals surface area contributed by atoms with E-state index in [1.807, 2.05) is 12.1 Å². The summed E-state index contributed by atoms with van der Waals surface area (Å²) in [5.41, 5.74) is 0.911. The highest BCUT2D eigenvalue weighted by Gasteiger charge is 2.16. The fourth-order valence-electron chi connectivity index (χ4n) is 2.06. The smallest absolute Gasteiger partial charge is 0.374 e. The first-order chi connectivity index (χ1) is 11.5. The number of esters is 1. The maximum Gasteiger partial charge on any atom is 0.374 e. The molecule has 1 N–H and O–H groups in total. The summed E-state index contributed by atoms with van der Waals surface area (Å²) < 4.78 is 10.3. The van der Waals surface area contributed by atoms with Crippen LogP contribution in [0.4, 0.5) is 5.69 Å². The first kappa shape index (κ1) is 16.4. The maximum absolute atomic E-state index is 11.9. The number of anilines is 1. The number of hydrogen-bond acceptors (Lipinski definition) is 4. The number of carbonyl (C=O) groups excluding carboxylic acids is 2. The molecule has 0 bridgehead atoms. The second-order valence-electron chi connectivity index (χ2n) is 4.90. The third kappa shape index (κ3) is 3.69. The van der Waals surface area contributed by atoms with Crippen LogP contribution in [0.25, 0.3) is 11.0 Å². The Hall–Kier alpha value is -2.50. The van der Waals surface area contributed by atoms with Crippen molar-refractivity contribution in [1.29, 1.82) is 0 Å². The summed E-state index contributed by atoms with van der Waals surface area (Å²) >= 11 is 11.8. The Kier molecular flexibility index (Phi) is 4.74. The van der Waals surface area contributed by atoms with E-state index in [9.17, 15) is 9.59 Å². The van der Waals surface area contributed by atoms with Crippen LogP contribution < -0.4 is 5.32 Å². The van der Waals surface area contributed by atoms with Gasteiger partial charge in [-0.3, -0.25) is 4.79 Å². The Balaban J connectivity index is 1.61. The predicted molar refractivity (Wildman–Crippen MR) is 91.6 cm³/mol. The standard InChI is InChI=1S/C17H11Cl2NO4/c18-11-5-6-12(19)13(8-11)20-16(21)9-23-17(22)15-7-10-3-1-2-4-14(10)24-15/h1-8H,9H2,(H,20,21). The number of para-hydroxylation sites is 1. The molecule has 2 aromatic carbocycles. The molecule has 122 valence electrons. The Bertz CT molecular complexity index is 887. The largest absolute Gasteiger partial charge is 0.450 e. The number of amides is 1. The van der Waals surface area contributed by atoms with Crippen LogP contribution in [0.5, 0.6) is 0 Å². The Morgan fingerprint density at radius 2 is 1.88 bits per heavy atom. The van der Waals surface area contributed by atoms with Crippen LogP contribution in [0.15, 0.2) is 52.9 Å². The Morgan fingerprint density at radius 1 is 1.08 bits per heavy atom. The number of furan rings is 1. The minimum atomic E-state index is -0.724. The lowest BCUT2D eigenvalue weighted by Gasteiger charge is -2.07. The molecule has 1 heterocycles. The van der Waals surface area contributed by atoms with Crippen molar-refractivity contribution in [1.82, 2.24) is 0 Å². The predicted octanol–water partition coefficient (Wildman–Crippen LogP) is 4.54. The summed E-state index contributed by atoms with van der Waals surface area (Å²) in [6.07, 6.45) is 0. The molecule has 0 aliphatic heterocycles. The molecule has 1 amide bonds. The van der Waals surface area contributed by atoms with E-state index >= 15 is 0 Å². The molecule has 0 saturated heterocycles. The van der Waals surface area contributed by atoms with Crippen molar-refractivity contribution in [2.24, 2.45) is 0 Å². The van der Waals surface area contributed by atoms with Gasteiger partial charge in [0.1, 0.15) is 5.58 Å². The number of fused-ring (bicyclic) bond motifs is 1. The Morgan fingerprint density at radius 3 is 2.67 bits per heavy atom. The highest BCUT2D eigenvalue weighted by Crippen LogP contribution is 2.25. The van der Waals surface area contributed by atoms with Crippen LogP contribution in [-0.2, 0) is 9.53 Å². The number of halogens is 2. The first-order valence-electron chi connectivity index (χ1n) is 6.93. The molecule has 0 fully saturated rings. The zero-order valence-corrected chi connectivity index (χ0v) is 13.7. The lowest BCUT2D eigenvalue weighted by molar-refractivity contribution is -0.119. The molecule has 7 heteroatoms. The lowest BCUT2D eigenvalue weighted by atomic mass is 10.2. The molecular weight excluding hydrogens is 353 g/mol. The molecule has 24 heavy (non-hydrogen) atoms.